The fourth-order valence-corrected chi connectivity index (χ4v) is 4.48. The van der Waals surface area contributed by atoms with Gasteiger partial charge in [0.05, 0.1) is 12.1 Å². The number of likely N-dealkylation sites (N-methyl/N-ethyl adjacent to an activating group) is 1. The van der Waals surface area contributed by atoms with Gasteiger partial charge in [-0.1, -0.05) is 47.8 Å². The van der Waals surface area contributed by atoms with E-state index < -0.39 is 0 Å². The molecule has 1 aliphatic rings. The molecule has 1 atom stereocenters. The van der Waals surface area contributed by atoms with Crippen molar-refractivity contribution in [3.63, 3.8) is 0 Å². The minimum Gasteiger partial charge on any atom is -0.493 e. The molecule has 0 radical (unpaired) electrons. The van der Waals surface area contributed by atoms with Gasteiger partial charge in [0.25, 0.3) is 0 Å². The number of halogens is 3. The second-order valence-electron chi connectivity index (χ2n) is 7.19. The summed E-state index contributed by atoms with van der Waals surface area (Å²) in [4.78, 5) is 2.53. The van der Waals surface area contributed by atoms with Gasteiger partial charge in [0, 0.05) is 34.7 Å². The van der Waals surface area contributed by atoms with E-state index in [9.17, 15) is 0 Å². The summed E-state index contributed by atoms with van der Waals surface area (Å²) < 4.78 is 11.4. The van der Waals surface area contributed by atoms with Crippen LogP contribution < -0.4 is 14.8 Å². The predicted molar refractivity (Wildman–Crippen MR) is 121 cm³/mol. The first-order valence-electron chi connectivity index (χ1n) is 9.89. The monoisotopic (exact) mass is 456 g/mol. The molecule has 0 amide bonds. The molecule has 2 aromatic rings. The Kier molecular flexibility index (Phi) is 8.34. The number of ether oxygens (including phenoxy) is 2. The number of nitrogens with zero attached hydrogens (tertiary/aromatic N) is 1. The van der Waals surface area contributed by atoms with Crippen LogP contribution >= 0.6 is 34.8 Å². The molecule has 1 saturated heterocycles. The van der Waals surface area contributed by atoms with E-state index in [1.54, 1.807) is 19.2 Å². The van der Waals surface area contributed by atoms with E-state index in [4.69, 9.17) is 44.3 Å². The van der Waals surface area contributed by atoms with Crippen molar-refractivity contribution >= 4 is 34.8 Å². The molecule has 0 aromatic heterocycles. The average Bonchev–Trinajstić information content (AvgIpc) is 3.15. The molecular weight excluding hydrogens is 431 g/mol. The molecule has 0 aliphatic carbocycles. The fraction of sp³-hybridized carbons (Fsp3) is 0.455. The lowest BCUT2D eigenvalue weighted by atomic mass is 10.1. The second kappa shape index (κ2) is 10.7. The zero-order chi connectivity index (χ0) is 20.8. The molecule has 1 aliphatic heterocycles. The summed E-state index contributed by atoms with van der Waals surface area (Å²) in [6.45, 7) is 6.51. The summed E-state index contributed by atoms with van der Waals surface area (Å²) in [5.74, 6) is 1.12. The molecule has 0 bridgehead atoms. The maximum atomic E-state index is 6.50. The molecule has 4 nitrogen and oxygen atoms in total. The van der Waals surface area contributed by atoms with Gasteiger partial charge in [-0.05, 0) is 55.8 Å². The van der Waals surface area contributed by atoms with Crippen LogP contribution in [0.3, 0.4) is 0 Å². The molecule has 1 fully saturated rings. The average molecular weight is 458 g/mol. The smallest absolute Gasteiger partial charge is 0.180 e. The van der Waals surface area contributed by atoms with Gasteiger partial charge in [0.2, 0.25) is 0 Å². The Balaban J connectivity index is 1.62. The van der Waals surface area contributed by atoms with Crippen LogP contribution in [-0.4, -0.2) is 37.7 Å². The third-order valence-corrected chi connectivity index (χ3v) is 6.16. The van der Waals surface area contributed by atoms with E-state index in [0.717, 1.165) is 30.8 Å². The first-order chi connectivity index (χ1) is 14.0. The van der Waals surface area contributed by atoms with Crippen LogP contribution in [-0.2, 0) is 13.2 Å². The van der Waals surface area contributed by atoms with Crippen LogP contribution in [0.5, 0.6) is 11.5 Å². The van der Waals surface area contributed by atoms with Crippen molar-refractivity contribution in [2.75, 3.05) is 26.7 Å². The SMILES string of the molecule is CCN1CCC[C@H]1CNCc1cc(Cl)c(OCc2ccc(Cl)cc2Cl)c(OC)c1. The maximum Gasteiger partial charge on any atom is 0.180 e. The lowest BCUT2D eigenvalue weighted by Gasteiger charge is -2.23. The highest BCUT2D eigenvalue weighted by molar-refractivity contribution is 6.35. The van der Waals surface area contributed by atoms with Crippen LogP contribution in [0.1, 0.15) is 30.9 Å². The van der Waals surface area contributed by atoms with E-state index in [1.165, 1.54) is 19.4 Å². The van der Waals surface area contributed by atoms with E-state index in [0.29, 0.717) is 32.6 Å². The summed E-state index contributed by atoms with van der Waals surface area (Å²) in [5.41, 5.74) is 1.89. The molecular formula is C22H27Cl3N2O2. The Bertz CT molecular complexity index is 832. The molecule has 1 N–H and O–H groups in total. The molecule has 0 saturated carbocycles. The lowest BCUT2D eigenvalue weighted by Crippen LogP contribution is -2.37. The molecule has 2 aromatic carbocycles. The third-order valence-electron chi connectivity index (χ3n) is 5.29. The van der Waals surface area contributed by atoms with Crippen molar-refractivity contribution in [3.05, 3.63) is 56.5 Å². The van der Waals surface area contributed by atoms with Crippen LogP contribution in [0, 0.1) is 0 Å². The molecule has 158 valence electrons. The van der Waals surface area contributed by atoms with Gasteiger partial charge in [0.15, 0.2) is 11.5 Å². The number of methoxy groups -OCH3 is 1. The van der Waals surface area contributed by atoms with Gasteiger partial charge in [-0.25, -0.2) is 0 Å². The molecule has 29 heavy (non-hydrogen) atoms. The fourth-order valence-electron chi connectivity index (χ4n) is 3.73. The quantitative estimate of drug-likeness (QED) is 0.515. The molecule has 1 heterocycles. The van der Waals surface area contributed by atoms with Crippen LogP contribution in [0.4, 0.5) is 0 Å². The topological polar surface area (TPSA) is 33.7 Å². The Hall–Kier alpha value is -1.17. The second-order valence-corrected chi connectivity index (χ2v) is 8.44. The maximum absolute atomic E-state index is 6.50. The zero-order valence-corrected chi connectivity index (χ0v) is 19.1. The predicted octanol–water partition coefficient (Wildman–Crippen LogP) is 5.81. The van der Waals surface area contributed by atoms with Gasteiger partial charge in [-0.2, -0.15) is 0 Å². The molecule has 3 rings (SSSR count). The minimum absolute atomic E-state index is 0.276. The van der Waals surface area contributed by atoms with E-state index in [1.807, 2.05) is 18.2 Å². The molecule has 7 heteroatoms. The highest BCUT2D eigenvalue weighted by atomic mass is 35.5. The number of hydrogen-bond acceptors (Lipinski definition) is 4. The largest absolute Gasteiger partial charge is 0.493 e. The third kappa shape index (κ3) is 5.93. The summed E-state index contributed by atoms with van der Waals surface area (Å²) in [7, 11) is 1.61. The van der Waals surface area contributed by atoms with Gasteiger partial charge in [-0.15, -0.1) is 0 Å². The molecule has 0 spiro atoms. The highest BCUT2D eigenvalue weighted by Crippen LogP contribution is 2.37. The van der Waals surface area contributed by atoms with Crippen molar-refractivity contribution in [2.45, 2.75) is 39.0 Å². The normalized spacial score (nSPS) is 16.9. The number of benzene rings is 2. The van der Waals surface area contributed by atoms with Crippen molar-refractivity contribution in [2.24, 2.45) is 0 Å². The summed E-state index contributed by atoms with van der Waals surface area (Å²) in [5, 5.41) is 5.21. The number of rotatable bonds is 9. The standard InChI is InChI=1S/C22H27Cl3N2O2/c1-3-27-8-4-5-18(27)13-26-12-15-9-20(25)22(21(10-15)28-2)29-14-16-6-7-17(23)11-19(16)24/h6-7,9-11,18,26H,3-5,8,12-14H2,1-2H3/t18-/m0/s1. The van der Waals surface area contributed by atoms with Crippen molar-refractivity contribution in [1.29, 1.82) is 0 Å². The van der Waals surface area contributed by atoms with E-state index in [2.05, 4.69) is 17.1 Å². The Morgan fingerprint density at radius 3 is 2.69 bits per heavy atom. The first kappa shape index (κ1) is 22.5. The number of hydrogen-bond donors (Lipinski definition) is 1. The van der Waals surface area contributed by atoms with Gasteiger partial charge < -0.3 is 14.8 Å². The summed E-state index contributed by atoms with van der Waals surface area (Å²) in [6, 6.07) is 9.81. The van der Waals surface area contributed by atoms with Crippen LogP contribution in [0.25, 0.3) is 0 Å². The minimum atomic E-state index is 0.276. The Morgan fingerprint density at radius 1 is 1.14 bits per heavy atom. The van der Waals surface area contributed by atoms with Crippen LogP contribution in [0.15, 0.2) is 30.3 Å². The van der Waals surface area contributed by atoms with E-state index in [-0.39, 0.29) is 6.61 Å². The zero-order valence-electron chi connectivity index (χ0n) is 16.8. The van der Waals surface area contributed by atoms with Crippen molar-refractivity contribution in [1.82, 2.24) is 10.2 Å². The van der Waals surface area contributed by atoms with Crippen molar-refractivity contribution in [3.8, 4) is 11.5 Å². The van der Waals surface area contributed by atoms with E-state index >= 15 is 0 Å². The van der Waals surface area contributed by atoms with Gasteiger partial charge in [0.1, 0.15) is 6.61 Å². The summed E-state index contributed by atoms with van der Waals surface area (Å²) >= 11 is 18.7. The highest BCUT2D eigenvalue weighted by Gasteiger charge is 2.22. The van der Waals surface area contributed by atoms with Crippen molar-refractivity contribution < 1.29 is 9.47 Å². The van der Waals surface area contributed by atoms with Gasteiger partial charge in [-0.3, -0.25) is 4.90 Å². The number of nitrogens with one attached hydrogen (secondary N) is 1. The summed E-state index contributed by atoms with van der Waals surface area (Å²) in [6.07, 6.45) is 2.54. The Morgan fingerprint density at radius 2 is 1.97 bits per heavy atom. The first-order valence-corrected chi connectivity index (χ1v) is 11.0. The van der Waals surface area contributed by atoms with Crippen LogP contribution in [0.2, 0.25) is 15.1 Å². The van der Waals surface area contributed by atoms with Gasteiger partial charge >= 0.3 is 0 Å². The number of likely N-dealkylation sites (tertiary alicyclic amines) is 1. The lowest BCUT2D eigenvalue weighted by molar-refractivity contribution is 0.260. The Labute approximate surface area is 188 Å². The molecule has 0 unspecified atom stereocenters.